The maximum Gasteiger partial charge on any atom is 0.573 e. The van der Waals surface area contributed by atoms with Crippen LogP contribution in [-0.2, 0) is 22.9 Å². The highest BCUT2D eigenvalue weighted by atomic mass is 32.2. The fourth-order valence-corrected chi connectivity index (χ4v) is 5.25. The topological polar surface area (TPSA) is 87.7 Å². The van der Waals surface area contributed by atoms with Crippen molar-refractivity contribution in [2.75, 3.05) is 13.1 Å². The molecule has 0 saturated carbocycles. The van der Waals surface area contributed by atoms with E-state index in [4.69, 9.17) is 0 Å². The summed E-state index contributed by atoms with van der Waals surface area (Å²) in [6, 6.07) is 19.9. The molecule has 0 bridgehead atoms. The molecule has 3 aromatic carbocycles. The van der Waals surface area contributed by atoms with Gasteiger partial charge in [-0.15, -0.1) is 13.2 Å². The van der Waals surface area contributed by atoms with Crippen LogP contribution in [0.15, 0.2) is 77.7 Å². The van der Waals surface area contributed by atoms with Crippen LogP contribution in [0, 0.1) is 0 Å². The summed E-state index contributed by atoms with van der Waals surface area (Å²) in [6.45, 7) is -0.152. The molecule has 1 aliphatic rings. The van der Waals surface area contributed by atoms with Gasteiger partial charge >= 0.3 is 6.36 Å². The Morgan fingerprint density at radius 2 is 1.43 bits per heavy atom. The van der Waals surface area contributed by atoms with Crippen LogP contribution < -0.4 is 14.8 Å². The Labute approximate surface area is 201 Å². The number of fused-ring (bicyclic) bond motifs is 2. The van der Waals surface area contributed by atoms with Crippen LogP contribution in [0.25, 0.3) is 0 Å². The molecule has 1 atom stereocenters. The maximum atomic E-state index is 12.5. The quantitative estimate of drug-likeness (QED) is 0.434. The summed E-state index contributed by atoms with van der Waals surface area (Å²) in [5.41, 5.74) is 4.67. The number of aliphatic hydroxyl groups excluding tert-OH is 1. The normalized spacial score (nSPS) is 15.1. The molecule has 1 unspecified atom stereocenters. The summed E-state index contributed by atoms with van der Waals surface area (Å²) in [4.78, 5) is -0.237. The lowest BCUT2D eigenvalue weighted by Gasteiger charge is -2.23. The number of hydrogen-bond acceptors (Lipinski definition) is 5. The van der Waals surface area contributed by atoms with Crippen LogP contribution >= 0.6 is 0 Å². The molecule has 0 saturated heterocycles. The summed E-state index contributed by atoms with van der Waals surface area (Å²) < 4.78 is 67.9. The predicted octanol–water partition coefficient (Wildman–Crippen LogP) is 3.70. The van der Waals surface area contributed by atoms with Crippen molar-refractivity contribution >= 4 is 10.0 Å². The zero-order valence-electron chi connectivity index (χ0n) is 18.6. The van der Waals surface area contributed by atoms with Gasteiger partial charge in [0.05, 0.1) is 17.0 Å². The molecule has 1 aliphatic carbocycles. The van der Waals surface area contributed by atoms with E-state index in [2.05, 4.69) is 39.0 Å². The molecule has 0 radical (unpaired) electrons. The third kappa shape index (κ3) is 6.40. The van der Waals surface area contributed by atoms with Gasteiger partial charge in [0.15, 0.2) is 0 Å². The second-order valence-corrected chi connectivity index (χ2v) is 10.0. The Hall–Kier alpha value is -2.92. The molecule has 0 amide bonds. The van der Waals surface area contributed by atoms with Gasteiger partial charge in [-0.3, -0.25) is 0 Å². The van der Waals surface area contributed by atoms with Gasteiger partial charge in [0.2, 0.25) is 10.0 Å². The van der Waals surface area contributed by atoms with Crippen LogP contribution in [0.4, 0.5) is 13.2 Å². The average molecular weight is 507 g/mol. The van der Waals surface area contributed by atoms with E-state index in [1.54, 1.807) is 0 Å². The Morgan fingerprint density at radius 1 is 0.886 bits per heavy atom. The lowest BCUT2D eigenvalue weighted by Crippen LogP contribution is -2.39. The van der Waals surface area contributed by atoms with Crippen LogP contribution in [0.3, 0.4) is 0 Å². The van der Waals surface area contributed by atoms with Gasteiger partial charge in [0.1, 0.15) is 5.75 Å². The fourth-order valence-electron chi connectivity index (χ4n) is 4.18. The summed E-state index contributed by atoms with van der Waals surface area (Å²) in [5.74, 6) is -0.523. The number of benzene rings is 3. The number of nitrogens with one attached hydrogen (secondary N) is 2. The number of rotatable bonds is 8. The molecular formula is C25H25F3N2O4S. The third-order valence-electron chi connectivity index (χ3n) is 5.83. The molecule has 6 nitrogen and oxygen atoms in total. The monoisotopic (exact) mass is 506 g/mol. The number of halogens is 3. The first kappa shape index (κ1) is 25.2. The van der Waals surface area contributed by atoms with Crippen molar-refractivity contribution in [3.05, 3.63) is 95.1 Å². The molecule has 0 spiro atoms. The lowest BCUT2D eigenvalue weighted by atomic mass is 9.94. The van der Waals surface area contributed by atoms with E-state index in [1.165, 1.54) is 11.1 Å². The molecule has 3 N–H and O–H groups in total. The molecule has 186 valence electrons. The molecule has 10 heteroatoms. The van der Waals surface area contributed by atoms with Crippen LogP contribution in [0.5, 0.6) is 5.75 Å². The fraction of sp³-hybridized carbons (Fsp3) is 0.280. The Morgan fingerprint density at radius 3 is 1.97 bits per heavy atom. The summed E-state index contributed by atoms with van der Waals surface area (Å²) in [6.07, 6.45) is -4.10. The van der Waals surface area contributed by atoms with Gasteiger partial charge in [-0.25, -0.2) is 13.1 Å². The van der Waals surface area contributed by atoms with Crippen LogP contribution in [-0.4, -0.2) is 39.1 Å². The molecule has 3 aromatic rings. The van der Waals surface area contributed by atoms with Crippen LogP contribution in [0.1, 0.15) is 28.3 Å². The van der Waals surface area contributed by atoms with E-state index < -0.39 is 28.2 Å². The summed E-state index contributed by atoms with van der Waals surface area (Å²) in [7, 11) is -4.04. The van der Waals surface area contributed by atoms with E-state index in [0.29, 0.717) is 0 Å². The van der Waals surface area contributed by atoms with Crippen molar-refractivity contribution in [2.24, 2.45) is 0 Å². The third-order valence-corrected chi connectivity index (χ3v) is 7.27. The highest BCUT2D eigenvalue weighted by Gasteiger charge is 2.31. The van der Waals surface area contributed by atoms with Crippen molar-refractivity contribution < 1.29 is 31.4 Å². The zero-order chi connectivity index (χ0) is 25.1. The number of ether oxygens (including phenoxy) is 1. The lowest BCUT2D eigenvalue weighted by molar-refractivity contribution is -0.274. The van der Waals surface area contributed by atoms with E-state index in [9.17, 15) is 26.7 Å². The first-order chi connectivity index (χ1) is 16.6. The molecule has 0 heterocycles. The summed E-state index contributed by atoms with van der Waals surface area (Å²) >= 11 is 0. The Kier molecular flexibility index (Phi) is 7.46. The van der Waals surface area contributed by atoms with Crippen LogP contribution in [0.2, 0.25) is 0 Å². The van der Waals surface area contributed by atoms with E-state index in [-0.39, 0.29) is 24.0 Å². The van der Waals surface area contributed by atoms with Gasteiger partial charge in [0, 0.05) is 13.1 Å². The summed E-state index contributed by atoms with van der Waals surface area (Å²) in [5, 5.41) is 13.9. The minimum absolute atomic E-state index is 0.119. The molecular weight excluding hydrogens is 481 g/mol. The van der Waals surface area contributed by atoms with Crippen molar-refractivity contribution in [2.45, 2.75) is 36.2 Å². The maximum absolute atomic E-state index is 12.5. The van der Waals surface area contributed by atoms with Crippen molar-refractivity contribution in [3.63, 3.8) is 0 Å². The smallest absolute Gasteiger partial charge is 0.406 e. The Balaban J connectivity index is 1.39. The number of sulfonamides is 1. The molecule has 0 aliphatic heterocycles. The largest absolute Gasteiger partial charge is 0.573 e. The first-order valence-corrected chi connectivity index (χ1v) is 12.5. The van der Waals surface area contributed by atoms with E-state index in [1.807, 2.05) is 24.3 Å². The van der Waals surface area contributed by atoms with Gasteiger partial charge in [-0.1, -0.05) is 48.5 Å². The number of aryl methyl sites for hydroxylation is 2. The zero-order valence-corrected chi connectivity index (χ0v) is 19.4. The molecule has 35 heavy (non-hydrogen) atoms. The SMILES string of the molecule is O=S(=O)(NCC(O)CNC1c2ccccc2CCc2ccccc21)c1ccc(OC(F)(F)F)cc1. The number of hydrogen-bond donors (Lipinski definition) is 3. The highest BCUT2D eigenvalue weighted by molar-refractivity contribution is 7.89. The van der Waals surface area contributed by atoms with Gasteiger partial charge in [-0.2, -0.15) is 0 Å². The number of aliphatic hydroxyl groups is 1. The van der Waals surface area contributed by atoms with E-state index >= 15 is 0 Å². The van der Waals surface area contributed by atoms with Crippen molar-refractivity contribution in [3.8, 4) is 5.75 Å². The van der Waals surface area contributed by atoms with Crippen molar-refractivity contribution in [1.29, 1.82) is 0 Å². The average Bonchev–Trinajstić information content (AvgIpc) is 2.98. The highest BCUT2D eigenvalue weighted by Crippen LogP contribution is 2.32. The minimum atomic E-state index is -4.87. The van der Waals surface area contributed by atoms with E-state index in [0.717, 1.165) is 48.2 Å². The standard InChI is InChI=1S/C25H25F3N2O4S/c26-25(27,28)34-20-11-13-21(14-12-20)35(32,33)30-16-19(31)15-29-24-22-7-3-1-5-17(22)9-10-18-6-2-4-8-23(18)24/h1-8,11-14,19,24,29-31H,9-10,15-16H2. The van der Waals surface area contributed by atoms with Gasteiger partial charge in [-0.05, 0) is 59.4 Å². The molecule has 4 rings (SSSR count). The Bertz CT molecular complexity index is 1220. The minimum Gasteiger partial charge on any atom is -0.406 e. The second-order valence-electron chi connectivity index (χ2n) is 8.26. The van der Waals surface area contributed by atoms with Gasteiger partial charge in [0.25, 0.3) is 0 Å². The molecule has 0 aromatic heterocycles. The predicted molar refractivity (Wildman–Crippen MR) is 124 cm³/mol. The second kappa shape index (κ2) is 10.4. The van der Waals surface area contributed by atoms with Crippen molar-refractivity contribution in [1.82, 2.24) is 10.0 Å². The van der Waals surface area contributed by atoms with Gasteiger partial charge < -0.3 is 15.2 Å². The molecule has 0 fully saturated rings. The number of alkyl halides is 3. The first-order valence-electron chi connectivity index (χ1n) is 11.0.